The molecule has 2 unspecified atom stereocenters. The van der Waals surface area contributed by atoms with E-state index in [1.54, 1.807) is 7.11 Å². The molecule has 0 amide bonds. The predicted molar refractivity (Wildman–Crippen MR) is 174 cm³/mol. The van der Waals surface area contributed by atoms with E-state index in [2.05, 4.69) is 61.5 Å². The lowest BCUT2D eigenvalue weighted by Crippen LogP contribution is -2.58. The SMILES string of the molecule is COc1ccc([Si]2c3ccccc3-c3ccccc32)cc1C(C(=O)OCC(=O)OC1(C)C2CC3CC(C2)CC1C3)C1CCOC1=O. The molecule has 1 radical (unpaired) electrons. The van der Waals surface area contributed by atoms with Gasteiger partial charge in [0.15, 0.2) is 15.4 Å². The molecule has 2 heterocycles. The summed E-state index contributed by atoms with van der Waals surface area (Å²) in [4.78, 5) is 40.3. The third kappa shape index (κ3) is 4.79. The summed E-state index contributed by atoms with van der Waals surface area (Å²) in [6, 6.07) is 22.9. The zero-order chi connectivity index (χ0) is 31.6. The lowest BCUT2D eigenvalue weighted by Gasteiger charge is -2.59. The number of methoxy groups -OCH3 is 1. The summed E-state index contributed by atoms with van der Waals surface area (Å²) < 4.78 is 23.0. The minimum absolute atomic E-state index is 0.232. The summed E-state index contributed by atoms with van der Waals surface area (Å²) in [6.45, 7) is 1.82. The number of rotatable bonds is 8. The smallest absolute Gasteiger partial charge is 0.344 e. The van der Waals surface area contributed by atoms with Crippen LogP contribution in [0.2, 0.25) is 0 Å². The van der Waals surface area contributed by atoms with Gasteiger partial charge in [-0.3, -0.25) is 9.59 Å². The fourth-order valence-corrected chi connectivity index (χ4v) is 12.5. The Labute approximate surface area is 271 Å². The largest absolute Gasteiger partial charge is 0.496 e. The first-order chi connectivity index (χ1) is 22.3. The number of cyclic esters (lactones) is 1. The van der Waals surface area contributed by atoms with Crippen LogP contribution in [0.25, 0.3) is 11.1 Å². The van der Waals surface area contributed by atoms with Crippen molar-refractivity contribution in [3.8, 4) is 16.9 Å². The van der Waals surface area contributed by atoms with Crippen molar-refractivity contribution in [2.24, 2.45) is 29.6 Å². The average molecular weight is 636 g/mol. The van der Waals surface area contributed by atoms with Crippen LogP contribution >= 0.6 is 0 Å². The Kier molecular flexibility index (Phi) is 7.31. The van der Waals surface area contributed by atoms with Gasteiger partial charge in [-0.2, -0.15) is 0 Å². The lowest BCUT2D eigenvalue weighted by molar-refractivity contribution is -0.207. The second kappa shape index (κ2) is 11.4. The van der Waals surface area contributed by atoms with E-state index in [4.69, 9.17) is 18.9 Å². The number of carbonyl (C=O) groups excluding carboxylic acids is 3. The molecule has 3 aromatic carbocycles. The standard InChI is InChI=1S/C38H39O7Si/c1-38(24-16-22-15-23(18-24)19-25(38)17-22)45-34(39)21-44-37(41)35(29-13-14-43-36(29)40)30-20-26(11-12-31(30)42-2)46-32-9-5-3-7-27(32)28-8-4-6-10-33(28)46/h3-12,20,22-25,29,35H,13-19,21H2,1-2H3. The summed E-state index contributed by atoms with van der Waals surface area (Å²) in [7, 11) is 0.162. The molecular weight excluding hydrogens is 596 g/mol. The van der Waals surface area contributed by atoms with Gasteiger partial charge in [-0.25, -0.2) is 4.79 Å². The fraction of sp³-hybridized carbons (Fsp3) is 0.447. The van der Waals surface area contributed by atoms with Gasteiger partial charge in [0.1, 0.15) is 11.4 Å². The minimum atomic E-state index is -1.40. The summed E-state index contributed by atoms with van der Waals surface area (Å²) in [5.74, 6) is -0.608. The van der Waals surface area contributed by atoms with E-state index in [0.29, 0.717) is 29.6 Å². The van der Waals surface area contributed by atoms with E-state index < -0.39 is 50.7 Å². The monoisotopic (exact) mass is 635 g/mol. The van der Waals surface area contributed by atoms with Gasteiger partial charge < -0.3 is 18.9 Å². The molecule has 7 nitrogen and oxygen atoms in total. The molecule has 1 saturated heterocycles. The van der Waals surface area contributed by atoms with Crippen LogP contribution in [0.4, 0.5) is 0 Å². The number of fused-ring (bicyclic) bond motifs is 3. The zero-order valence-electron chi connectivity index (χ0n) is 26.3. The average Bonchev–Trinajstić information content (AvgIpc) is 3.63. The maximum atomic E-state index is 14.0. The van der Waals surface area contributed by atoms with Gasteiger partial charge >= 0.3 is 17.9 Å². The normalized spacial score (nSPS) is 29.5. The number of carbonyl (C=O) groups is 3. The topological polar surface area (TPSA) is 88.1 Å². The molecule has 4 saturated carbocycles. The van der Waals surface area contributed by atoms with Crippen molar-refractivity contribution in [3.05, 3.63) is 72.3 Å². The summed E-state index contributed by atoms with van der Waals surface area (Å²) in [5, 5.41) is 3.65. The van der Waals surface area contributed by atoms with Crippen molar-refractivity contribution >= 4 is 42.3 Å². The first-order valence-electron chi connectivity index (χ1n) is 16.6. The molecule has 9 rings (SSSR count). The summed E-state index contributed by atoms with van der Waals surface area (Å²) in [6.07, 6.45) is 6.12. The van der Waals surface area contributed by atoms with E-state index >= 15 is 0 Å². The summed E-state index contributed by atoms with van der Waals surface area (Å²) in [5.41, 5.74) is 2.52. The van der Waals surface area contributed by atoms with Crippen molar-refractivity contribution in [1.82, 2.24) is 0 Å². The van der Waals surface area contributed by atoms with E-state index in [1.165, 1.54) is 27.9 Å². The number of hydrogen-bond donors (Lipinski definition) is 0. The van der Waals surface area contributed by atoms with Gasteiger partial charge in [0.2, 0.25) is 0 Å². The molecule has 0 spiro atoms. The quantitative estimate of drug-likeness (QED) is 0.163. The first-order valence-corrected chi connectivity index (χ1v) is 18.1. The fourth-order valence-electron chi connectivity index (χ4n) is 9.56. The van der Waals surface area contributed by atoms with Crippen LogP contribution in [0.15, 0.2) is 66.7 Å². The molecule has 8 heteroatoms. The van der Waals surface area contributed by atoms with Crippen molar-refractivity contribution in [2.45, 2.75) is 57.0 Å². The van der Waals surface area contributed by atoms with Gasteiger partial charge in [0, 0.05) is 5.56 Å². The van der Waals surface area contributed by atoms with E-state index in [1.807, 2.05) is 12.1 Å². The molecule has 3 aromatic rings. The molecule has 6 aliphatic rings. The van der Waals surface area contributed by atoms with Crippen LogP contribution in [0.3, 0.4) is 0 Å². The molecule has 4 bridgehead atoms. The van der Waals surface area contributed by atoms with Crippen molar-refractivity contribution < 1.29 is 33.3 Å². The zero-order valence-corrected chi connectivity index (χ0v) is 27.3. The number of ether oxygens (including phenoxy) is 4. The Morgan fingerprint density at radius 3 is 2.13 bits per heavy atom. The molecule has 5 fully saturated rings. The second-order valence-electron chi connectivity index (χ2n) is 14.0. The highest BCUT2D eigenvalue weighted by atomic mass is 28.3. The Morgan fingerprint density at radius 2 is 1.54 bits per heavy atom. The minimum Gasteiger partial charge on any atom is -0.496 e. The van der Waals surface area contributed by atoms with E-state index in [-0.39, 0.29) is 6.61 Å². The van der Waals surface area contributed by atoms with Crippen LogP contribution < -0.4 is 20.3 Å². The third-order valence-corrected chi connectivity index (χ3v) is 14.4. The molecular formula is C38H39O7Si. The number of esters is 3. The molecule has 237 valence electrons. The molecule has 0 aromatic heterocycles. The highest BCUT2D eigenvalue weighted by molar-refractivity contribution is 6.99. The lowest BCUT2D eigenvalue weighted by atomic mass is 9.50. The molecule has 0 N–H and O–H groups in total. The van der Waals surface area contributed by atoms with Gasteiger partial charge in [-0.1, -0.05) is 65.9 Å². The van der Waals surface area contributed by atoms with Crippen LogP contribution in [0.5, 0.6) is 5.75 Å². The first kappa shape index (κ1) is 29.5. The van der Waals surface area contributed by atoms with Gasteiger partial charge in [0.25, 0.3) is 0 Å². The molecule has 4 aliphatic carbocycles. The third-order valence-electron chi connectivity index (χ3n) is 11.6. The van der Waals surface area contributed by atoms with Crippen molar-refractivity contribution in [3.63, 3.8) is 0 Å². The highest BCUT2D eigenvalue weighted by Gasteiger charge is 2.57. The molecule has 2 atom stereocenters. The van der Waals surface area contributed by atoms with Crippen LogP contribution in [-0.4, -0.2) is 52.6 Å². The van der Waals surface area contributed by atoms with Gasteiger partial charge in [0.05, 0.1) is 25.6 Å². The van der Waals surface area contributed by atoms with Crippen molar-refractivity contribution in [1.29, 1.82) is 0 Å². The second-order valence-corrected chi connectivity index (χ2v) is 16.4. The highest BCUT2D eigenvalue weighted by Crippen LogP contribution is 2.59. The van der Waals surface area contributed by atoms with Crippen molar-refractivity contribution in [2.75, 3.05) is 20.3 Å². The Hall–Kier alpha value is -3.91. The van der Waals surface area contributed by atoms with E-state index in [0.717, 1.165) is 42.7 Å². The van der Waals surface area contributed by atoms with Crippen LogP contribution in [-0.2, 0) is 28.6 Å². The Morgan fingerprint density at radius 1 is 0.913 bits per heavy atom. The van der Waals surface area contributed by atoms with Crippen LogP contribution in [0, 0.1) is 29.6 Å². The maximum absolute atomic E-state index is 14.0. The van der Waals surface area contributed by atoms with Gasteiger partial charge in [-0.15, -0.1) is 0 Å². The number of benzene rings is 3. The number of hydrogen-bond acceptors (Lipinski definition) is 7. The van der Waals surface area contributed by atoms with Crippen LogP contribution in [0.1, 0.15) is 56.9 Å². The molecule has 2 aliphatic heterocycles. The Bertz CT molecular complexity index is 1640. The Balaban J connectivity index is 1.08. The summed E-state index contributed by atoms with van der Waals surface area (Å²) >= 11 is 0. The van der Waals surface area contributed by atoms with E-state index in [9.17, 15) is 14.4 Å². The molecule has 46 heavy (non-hydrogen) atoms. The van der Waals surface area contributed by atoms with Gasteiger partial charge in [-0.05, 0) is 96.7 Å². The predicted octanol–water partition coefficient (Wildman–Crippen LogP) is 4.14. The maximum Gasteiger partial charge on any atom is 0.344 e.